The van der Waals surface area contributed by atoms with Crippen LogP contribution in [0.15, 0.2) is 267 Å². The molecule has 2 N–H and O–H groups in total. The van der Waals surface area contributed by atoms with Crippen molar-refractivity contribution in [2.45, 2.75) is 72.1 Å². The standard InChI is InChI=1S/2C26H25NOP.2C10H14.4ClH.Fe.2Ru/c2*1-4-14-23(15-5-1)26(21-27-20-22-12-10-11-13-22)28-29(24-16-6-2-7-17-24)25-18-8-3-9-19-25;2*1-8(2)10-6-4-9(3)5-7-10;;;;;;;/h2*1-19,26-27H,20-21H2;2*4-8H,1-3H3;4*1H;;;/q2*-1;;;;;;;3*+2/p-4/t2*26-;;;;;;;;;/m00........./s1. The Balaban J connectivity index is 0.000000257. The number of nitrogens with one attached hydrogen (secondary N) is 2. The van der Waals surface area contributed by atoms with E-state index in [-0.39, 0.29) is 59.6 Å². The molecule has 9 aromatic rings. The number of allylic oxidation sites excluding steroid dienone is 1. The maximum absolute atomic E-state index is 6.83. The van der Waals surface area contributed by atoms with Crippen LogP contribution in [0.5, 0.6) is 0 Å². The van der Waals surface area contributed by atoms with Crippen molar-refractivity contribution < 1.29 is 56.4 Å². The van der Waals surface area contributed by atoms with E-state index >= 15 is 0 Å². The van der Waals surface area contributed by atoms with Gasteiger partial charge in [0.2, 0.25) is 0 Å². The van der Waals surface area contributed by atoms with Gasteiger partial charge in [0.05, 0.1) is 22.4 Å². The second-order valence-corrected chi connectivity index (χ2v) is 29.0. The zero-order valence-corrected chi connectivity index (χ0v) is 58.4. The summed E-state index contributed by atoms with van der Waals surface area (Å²) in [6, 6.07) is 89.1. The second-order valence-electron chi connectivity index (χ2n) is 20.0. The van der Waals surface area contributed by atoms with Crippen LogP contribution < -0.4 is 31.9 Å². The molecule has 0 spiro atoms. The average Bonchev–Trinajstić information content (AvgIpc) is 4.45. The molecular weight excluding hydrogens is 1390 g/mol. The van der Waals surface area contributed by atoms with Crippen LogP contribution in [-0.4, -0.2) is 19.6 Å². The normalized spacial score (nSPS) is 12.0. The minimum absolute atomic E-state index is 0. The van der Waals surface area contributed by atoms with Crippen molar-refractivity contribution in [1.82, 2.24) is 10.6 Å². The van der Waals surface area contributed by atoms with E-state index in [1.165, 1.54) is 66.1 Å². The van der Waals surface area contributed by atoms with Gasteiger partial charge in [-0.1, -0.05) is 269 Å². The third-order valence-electron chi connectivity index (χ3n) is 13.0. The first-order valence-corrected chi connectivity index (χ1v) is 39.4. The largest absolute Gasteiger partial charge is 2.00 e. The van der Waals surface area contributed by atoms with E-state index in [1.807, 2.05) is 0 Å². The summed E-state index contributed by atoms with van der Waals surface area (Å²) >= 11 is -0.691. The number of halogens is 4. The molecule has 0 saturated heterocycles. The van der Waals surface area contributed by atoms with Gasteiger partial charge in [-0.25, -0.2) is 30.2 Å². The third kappa shape index (κ3) is 29.0. The van der Waals surface area contributed by atoms with E-state index in [4.69, 9.17) is 47.8 Å². The molecule has 0 heterocycles. The molecule has 0 saturated carbocycles. The quantitative estimate of drug-likeness (QED) is 0.0453. The molecule has 0 amide bonds. The molecule has 0 bridgehead atoms. The maximum Gasteiger partial charge on any atom is 2.00 e. The van der Waals surface area contributed by atoms with E-state index in [0.29, 0.717) is 11.8 Å². The van der Waals surface area contributed by atoms with Gasteiger partial charge >= 0.3 is 86.1 Å². The molecule has 9 aromatic carbocycles. The molecule has 0 unspecified atom stereocenters. The average molecular weight is 1470 g/mol. The van der Waals surface area contributed by atoms with Crippen LogP contribution >= 0.6 is 55.1 Å². The number of rotatable bonds is 20. The Bertz CT molecular complexity index is 2920. The SMILES string of the molecule is Cc1ccc(C(C)C)cc1.Cc1ccc(C(C)C)cc1.[CH]1[CH][C-](CNC[C@H](OP(c2ccccc2)c2ccccc2)c2ccccc2)C=C1.[Cl][Ru][Cl].[Cl][Ru][Cl].[Fe+2].c1ccc([C@H](CNCc2ccc[cH-]2)OP(c2ccccc2)c2ccccc2)cc1. The van der Waals surface area contributed by atoms with Crippen LogP contribution in [0.2, 0.25) is 0 Å². The number of hydrogen-bond donors (Lipinski definition) is 2. The molecule has 1 aliphatic carbocycles. The molecule has 10 rings (SSSR count). The number of aryl methyl sites for hydroxylation is 2. The molecule has 4 nitrogen and oxygen atoms in total. The summed E-state index contributed by atoms with van der Waals surface area (Å²) in [5.41, 5.74) is 9.21. The van der Waals surface area contributed by atoms with Crippen molar-refractivity contribution in [3.05, 3.63) is 325 Å². The Morgan fingerprint density at radius 1 is 0.447 bits per heavy atom. The zero-order valence-electron chi connectivity index (χ0n) is 49.0. The molecular formula is C72H78Cl4FeN2O2P2Ru2. The van der Waals surface area contributed by atoms with Crippen LogP contribution in [0, 0.1) is 32.6 Å². The van der Waals surface area contributed by atoms with Gasteiger partial charge in [0.1, 0.15) is 6.10 Å². The molecule has 0 aliphatic heterocycles. The Kier molecular flexibility index (Phi) is 38.8. The fourth-order valence-corrected chi connectivity index (χ4v) is 12.2. The fraction of sp³-hybridized carbons (Fsp3) is 0.194. The topological polar surface area (TPSA) is 42.5 Å². The van der Waals surface area contributed by atoms with Crippen LogP contribution in [-0.2, 0) is 63.0 Å². The molecule has 85 heavy (non-hydrogen) atoms. The van der Waals surface area contributed by atoms with Crippen molar-refractivity contribution in [2.75, 3.05) is 19.6 Å². The zero-order chi connectivity index (χ0) is 60.0. The van der Waals surface area contributed by atoms with Crippen molar-refractivity contribution in [1.29, 1.82) is 0 Å². The molecule has 0 aromatic heterocycles. The van der Waals surface area contributed by atoms with Crippen LogP contribution in [0.3, 0.4) is 0 Å². The van der Waals surface area contributed by atoms with Gasteiger partial charge in [0, 0.05) is 34.3 Å². The number of benzene rings is 8. The van der Waals surface area contributed by atoms with Crippen molar-refractivity contribution in [3.63, 3.8) is 0 Å². The fourth-order valence-electron chi connectivity index (χ4n) is 8.48. The summed E-state index contributed by atoms with van der Waals surface area (Å²) in [4.78, 5) is 0. The first-order valence-electron chi connectivity index (χ1n) is 27.9. The Hall–Kier alpha value is -3.65. The third-order valence-corrected chi connectivity index (χ3v) is 17.0. The summed E-state index contributed by atoms with van der Waals surface area (Å²) < 4.78 is 13.7. The Morgan fingerprint density at radius 2 is 0.788 bits per heavy atom. The van der Waals surface area contributed by atoms with E-state index in [2.05, 4.69) is 332 Å². The molecule has 2 radical (unpaired) electrons. The second kappa shape index (κ2) is 44.7. The van der Waals surface area contributed by atoms with Crippen LogP contribution in [0.1, 0.15) is 90.7 Å². The van der Waals surface area contributed by atoms with Crippen molar-refractivity contribution >= 4 is 76.3 Å². The van der Waals surface area contributed by atoms with Gasteiger partial charge in [0.25, 0.3) is 0 Å². The predicted octanol–water partition coefficient (Wildman–Crippen LogP) is 19.2. The van der Waals surface area contributed by atoms with E-state index in [9.17, 15) is 0 Å². The number of hydrogen-bond acceptors (Lipinski definition) is 4. The van der Waals surface area contributed by atoms with Gasteiger partial charge in [-0.15, -0.1) is 12.8 Å². The van der Waals surface area contributed by atoms with Crippen LogP contribution in [0.25, 0.3) is 0 Å². The molecule has 0 fully saturated rings. The first-order chi connectivity index (χ1) is 41.0. The van der Waals surface area contributed by atoms with Gasteiger partial charge in [-0.3, -0.25) is 0 Å². The van der Waals surface area contributed by atoms with Crippen molar-refractivity contribution in [3.8, 4) is 0 Å². The molecule has 13 heteroatoms. The minimum atomic E-state index is -0.915. The van der Waals surface area contributed by atoms with Gasteiger partial charge < -0.3 is 19.7 Å². The summed E-state index contributed by atoms with van der Waals surface area (Å²) in [6.45, 7) is 16.3. The minimum Gasteiger partial charge on any atom is -0.340 e. The van der Waals surface area contributed by atoms with Gasteiger partial charge in [-0.05, 0) is 61.0 Å². The van der Waals surface area contributed by atoms with Crippen molar-refractivity contribution in [2.24, 2.45) is 0 Å². The van der Waals surface area contributed by atoms with E-state index in [0.717, 1.165) is 26.2 Å². The molecule has 2 atom stereocenters. The first kappa shape index (κ1) is 73.8. The van der Waals surface area contributed by atoms with E-state index < -0.39 is 16.3 Å². The smallest absolute Gasteiger partial charge is 0.340 e. The van der Waals surface area contributed by atoms with Gasteiger partial charge in [0.15, 0.2) is 0 Å². The summed E-state index contributed by atoms with van der Waals surface area (Å²) in [5, 5.41) is 12.1. The van der Waals surface area contributed by atoms with Gasteiger partial charge in [-0.2, -0.15) is 17.7 Å². The Morgan fingerprint density at radius 3 is 1.09 bits per heavy atom. The Labute approximate surface area is 554 Å². The maximum atomic E-state index is 6.83. The monoisotopic (exact) mass is 1460 g/mol. The molecule has 1 aliphatic rings. The predicted molar refractivity (Wildman–Crippen MR) is 360 cm³/mol. The summed E-state index contributed by atoms with van der Waals surface area (Å²) in [6.07, 6.45) is 8.38. The summed E-state index contributed by atoms with van der Waals surface area (Å²) in [7, 11) is 17.6. The van der Waals surface area contributed by atoms with E-state index in [1.54, 1.807) is 0 Å². The van der Waals surface area contributed by atoms with Crippen LogP contribution in [0.4, 0.5) is 0 Å². The summed E-state index contributed by atoms with van der Waals surface area (Å²) in [5.74, 6) is 2.60. The molecule has 450 valence electrons.